The molecule has 100 valence electrons. The third kappa shape index (κ3) is 3.90. The van der Waals surface area contributed by atoms with Crippen LogP contribution in [0.4, 0.5) is 4.39 Å². The molecule has 1 aliphatic rings. The van der Waals surface area contributed by atoms with Gasteiger partial charge < -0.3 is 9.84 Å². The molecule has 1 aliphatic heterocycles. The first-order valence-corrected chi connectivity index (χ1v) is 7.49. The maximum Gasteiger partial charge on any atom is 0.124 e. The quantitative estimate of drug-likeness (QED) is 0.806. The number of ether oxygens (including phenoxy) is 1. The molecule has 1 heterocycles. The van der Waals surface area contributed by atoms with E-state index in [1.807, 2.05) is 0 Å². The highest BCUT2D eigenvalue weighted by molar-refractivity contribution is 14.1. The van der Waals surface area contributed by atoms with Crippen LogP contribution in [-0.4, -0.2) is 17.8 Å². The molecule has 0 spiro atoms. The normalized spacial score (nSPS) is 21.2. The molecule has 0 saturated carbocycles. The molecule has 0 radical (unpaired) electrons. The zero-order valence-corrected chi connectivity index (χ0v) is 12.4. The van der Waals surface area contributed by atoms with E-state index in [0.717, 1.165) is 41.4 Å². The molecule has 0 aliphatic carbocycles. The van der Waals surface area contributed by atoms with Crippen molar-refractivity contribution in [1.82, 2.24) is 0 Å². The molecule has 18 heavy (non-hydrogen) atoms. The average molecular weight is 364 g/mol. The first-order valence-electron chi connectivity index (χ1n) is 6.41. The van der Waals surface area contributed by atoms with Crippen LogP contribution in [0.25, 0.3) is 0 Å². The van der Waals surface area contributed by atoms with E-state index in [2.05, 4.69) is 22.6 Å². The van der Waals surface area contributed by atoms with Gasteiger partial charge in [-0.25, -0.2) is 4.39 Å². The summed E-state index contributed by atoms with van der Waals surface area (Å²) < 4.78 is 19.3. The van der Waals surface area contributed by atoms with Crippen LogP contribution >= 0.6 is 22.6 Å². The Kier molecular flexibility index (Phi) is 5.38. The molecule has 1 aromatic rings. The molecule has 1 aromatic carbocycles. The number of aliphatic hydroxyl groups excluding tert-OH is 1. The number of hydrogen-bond acceptors (Lipinski definition) is 2. The van der Waals surface area contributed by atoms with Crippen LogP contribution in [-0.2, 0) is 4.74 Å². The summed E-state index contributed by atoms with van der Waals surface area (Å²) in [5.41, 5.74) is 0.823. The summed E-state index contributed by atoms with van der Waals surface area (Å²) in [6.45, 7) is 0.878. The van der Waals surface area contributed by atoms with E-state index in [0.29, 0.717) is 12.5 Å². The van der Waals surface area contributed by atoms with Crippen LogP contribution in [0.1, 0.15) is 43.8 Å². The van der Waals surface area contributed by atoms with Gasteiger partial charge in [-0.3, -0.25) is 0 Å². The molecular formula is C14H18FIO2. The van der Waals surface area contributed by atoms with Gasteiger partial charge in [-0.15, -0.1) is 0 Å². The summed E-state index contributed by atoms with van der Waals surface area (Å²) >= 11 is 2.07. The second-order valence-electron chi connectivity index (χ2n) is 4.75. The zero-order chi connectivity index (χ0) is 13.0. The highest BCUT2D eigenvalue weighted by Crippen LogP contribution is 2.26. The summed E-state index contributed by atoms with van der Waals surface area (Å²) in [7, 11) is 0. The monoisotopic (exact) mass is 364 g/mol. The average Bonchev–Trinajstić information content (AvgIpc) is 2.81. The first-order chi connectivity index (χ1) is 8.66. The van der Waals surface area contributed by atoms with Crippen molar-refractivity contribution < 1.29 is 14.2 Å². The van der Waals surface area contributed by atoms with Gasteiger partial charge in [0.05, 0.1) is 12.2 Å². The third-order valence-electron chi connectivity index (χ3n) is 3.35. The third-order valence-corrected chi connectivity index (χ3v) is 4.28. The first kappa shape index (κ1) is 14.2. The maximum atomic E-state index is 13.0. The predicted molar refractivity (Wildman–Crippen MR) is 76.9 cm³/mol. The van der Waals surface area contributed by atoms with Crippen LogP contribution < -0.4 is 0 Å². The van der Waals surface area contributed by atoms with Gasteiger partial charge in [0.1, 0.15) is 5.82 Å². The van der Waals surface area contributed by atoms with Gasteiger partial charge >= 0.3 is 0 Å². The second kappa shape index (κ2) is 6.82. The lowest BCUT2D eigenvalue weighted by Gasteiger charge is -2.14. The van der Waals surface area contributed by atoms with Crippen molar-refractivity contribution in [2.45, 2.75) is 44.3 Å². The lowest BCUT2D eigenvalue weighted by atomic mass is 10.0. The molecule has 2 unspecified atom stereocenters. The van der Waals surface area contributed by atoms with Crippen molar-refractivity contribution in [3.8, 4) is 0 Å². The Morgan fingerprint density at radius 3 is 3.00 bits per heavy atom. The minimum atomic E-state index is -0.501. The van der Waals surface area contributed by atoms with E-state index >= 15 is 0 Å². The molecule has 0 aromatic heterocycles. The number of benzene rings is 1. The SMILES string of the molecule is OC(CCCC1CCCO1)c1ccc(F)cc1I. The summed E-state index contributed by atoms with van der Waals surface area (Å²) in [6.07, 6.45) is 4.84. The Labute approximate surface area is 121 Å². The summed E-state index contributed by atoms with van der Waals surface area (Å²) in [6, 6.07) is 4.54. The molecule has 4 heteroatoms. The van der Waals surface area contributed by atoms with E-state index in [-0.39, 0.29) is 5.82 Å². The van der Waals surface area contributed by atoms with Gasteiger partial charge in [0.2, 0.25) is 0 Å². The standard InChI is InChI=1S/C14H18FIO2/c15-10-6-7-12(13(16)9-10)14(17)5-1-3-11-4-2-8-18-11/h6-7,9,11,14,17H,1-5,8H2. The van der Waals surface area contributed by atoms with Gasteiger partial charge in [-0.1, -0.05) is 6.07 Å². The molecule has 0 bridgehead atoms. The van der Waals surface area contributed by atoms with Crippen molar-refractivity contribution >= 4 is 22.6 Å². The van der Waals surface area contributed by atoms with Gasteiger partial charge in [-0.2, -0.15) is 0 Å². The van der Waals surface area contributed by atoms with Gasteiger partial charge in [0.25, 0.3) is 0 Å². The Morgan fingerprint density at radius 1 is 1.50 bits per heavy atom. The lowest BCUT2D eigenvalue weighted by Crippen LogP contribution is -2.06. The van der Waals surface area contributed by atoms with Gasteiger partial charge in [0, 0.05) is 10.2 Å². The molecular weight excluding hydrogens is 346 g/mol. The zero-order valence-electron chi connectivity index (χ0n) is 10.2. The molecule has 1 fully saturated rings. The van der Waals surface area contributed by atoms with Gasteiger partial charge in [-0.05, 0) is 72.4 Å². The Balaban J connectivity index is 1.81. The maximum absolute atomic E-state index is 13.0. The number of hydrogen-bond donors (Lipinski definition) is 1. The lowest BCUT2D eigenvalue weighted by molar-refractivity contribution is 0.0944. The second-order valence-corrected chi connectivity index (χ2v) is 5.91. The Morgan fingerprint density at radius 2 is 2.33 bits per heavy atom. The van der Waals surface area contributed by atoms with Gasteiger partial charge in [0.15, 0.2) is 0 Å². The Hall–Kier alpha value is -0.200. The number of aliphatic hydroxyl groups is 1. The molecule has 2 nitrogen and oxygen atoms in total. The molecule has 2 rings (SSSR count). The fourth-order valence-corrected chi connectivity index (χ4v) is 3.17. The van der Waals surface area contributed by atoms with Crippen molar-refractivity contribution in [3.05, 3.63) is 33.1 Å². The van der Waals surface area contributed by atoms with Crippen molar-refractivity contribution in [2.24, 2.45) is 0 Å². The summed E-state index contributed by atoms with van der Waals surface area (Å²) in [5.74, 6) is -0.255. The van der Waals surface area contributed by atoms with E-state index < -0.39 is 6.10 Å². The van der Waals surface area contributed by atoms with E-state index in [4.69, 9.17) is 4.74 Å². The number of halogens is 2. The molecule has 1 saturated heterocycles. The van der Waals surface area contributed by atoms with Crippen molar-refractivity contribution in [3.63, 3.8) is 0 Å². The highest BCUT2D eigenvalue weighted by Gasteiger charge is 2.17. The number of rotatable bonds is 5. The van der Waals surface area contributed by atoms with Crippen LogP contribution in [0.15, 0.2) is 18.2 Å². The van der Waals surface area contributed by atoms with Crippen molar-refractivity contribution in [2.75, 3.05) is 6.61 Å². The fourth-order valence-electron chi connectivity index (χ4n) is 2.34. The van der Waals surface area contributed by atoms with E-state index in [1.165, 1.54) is 12.1 Å². The fraction of sp³-hybridized carbons (Fsp3) is 0.571. The predicted octanol–water partition coefficient (Wildman–Crippen LogP) is 3.81. The summed E-state index contributed by atoms with van der Waals surface area (Å²) in [5, 5.41) is 10.1. The molecule has 2 atom stereocenters. The molecule has 0 amide bonds. The minimum absolute atomic E-state index is 0.255. The van der Waals surface area contributed by atoms with E-state index in [1.54, 1.807) is 6.07 Å². The Bertz CT molecular complexity index is 391. The summed E-state index contributed by atoms with van der Waals surface area (Å²) in [4.78, 5) is 0. The largest absolute Gasteiger partial charge is 0.388 e. The highest BCUT2D eigenvalue weighted by atomic mass is 127. The molecule has 1 N–H and O–H groups in total. The van der Waals surface area contributed by atoms with Crippen LogP contribution in [0.3, 0.4) is 0 Å². The van der Waals surface area contributed by atoms with Crippen LogP contribution in [0.5, 0.6) is 0 Å². The van der Waals surface area contributed by atoms with Crippen molar-refractivity contribution in [1.29, 1.82) is 0 Å². The minimum Gasteiger partial charge on any atom is -0.388 e. The van der Waals surface area contributed by atoms with E-state index in [9.17, 15) is 9.50 Å². The van der Waals surface area contributed by atoms with Crippen LogP contribution in [0.2, 0.25) is 0 Å². The topological polar surface area (TPSA) is 29.5 Å². The van der Waals surface area contributed by atoms with Crippen LogP contribution in [0, 0.1) is 9.39 Å². The smallest absolute Gasteiger partial charge is 0.124 e.